The topological polar surface area (TPSA) is 131 Å². The lowest BCUT2D eigenvalue weighted by atomic mass is 10.0. The van der Waals surface area contributed by atoms with Gasteiger partial charge in [-0.25, -0.2) is 4.79 Å². The Labute approximate surface area is 123 Å². The van der Waals surface area contributed by atoms with Gasteiger partial charge in [-0.15, -0.1) is 0 Å². The highest BCUT2D eigenvalue weighted by Crippen LogP contribution is 2.03. The molecule has 21 heavy (non-hydrogen) atoms. The molecular formula is C13H20N4O4. The number of amides is 2. The summed E-state index contributed by atoms with van der Waals surface area (Å²) in [5.74, 6) is -2.19. The summed E-state index contributed by atoms with van der Waals surface area (Å²) in [7, 11) is 0. The van der Waals surface area contributed by atoms with Crippen molar-refractivity contribution in [2.45, 2.75) is 26.3 Å². The third-order valence-corrected chi connectivity index (χ3v) is 2.56. The number of nitriles is 1. The smallest absolute Gasteiger partial charge is 0.326 e. The van der Waals surface area contributed by atoms with E-state index in [-0.39, 0.29) is 11.5 Å². The van der Waals surface area contributed by atoms with E-state index in [1.54, 1.807) is 19.9 Å². The van der Waals surface area contributed by atoms with E-state index < -0.39 is 17.9 Å². The Morgan fingerprint density at radius 2 is 1.90 bits per heavy atom. The van der Waals surface area contributed by atoms with E-state index in [9.17, 15) is 14.4 Å². The SMILES string of the molecule is CC(C)C(NC(=O)/C(C#N)=C\NCCCNC=O)C(=O)O. The lowest BCUT2D eigenvalue weighted by molar-refractivity contribution is -0.142. The van der Waals surface area contributed by atoms with Crippen molar-refractivity contribution in [3.8, 4) is 6.07 Å². The van der Waals surface area contributed by atoms with Crippen LogP contribution in [0, 0.1) is 17.2 Å². The highest BCUT2D eigenvalue weighted by Gasteiger charge is 2.24. The van der Waals surface area contributed by atoms with Gasteiger partial charge in [-0.05, 0) is 12.3 Å². The number of rotatable bonds is 10. The number of hydrogen-bond acceptors (Lipinski definition) is 5. The van der Waals surface area contributed by atoms with Gasteiger partial charge in [0, 0.05) is 19.3 Å². The summed E-state index contributed by atoms with van der Waals surface area (Å²) >= 11 is 0. The van der Waals surface area contributed by atoms with Gasteiger partial charge in [-0.1, -0.05) is 13.8 Å². The Bertz CT molecular complexity index is 440. The molecule has 0 saturated carbocycles. The fourth-order valence-electron chi connectivity index (χ4n) is 1.41. The lowest BCUT2D eigenvalue weighted by Crippen LogP contribution is -2.44. The van der Waals surface area contributed by atoms with Crippen LogP contribution in [-0.2, 0) is 14.4 Å². The fraction of sp³-hybridized carbons (Fsp3) is 0.538. The average Bonchev–Trinajstić information content (AvgIpc) is 2.43. The number of carbonyl (C=O) groups is 3. The van der Waals surface area contributed by atoms with E-state index >= 15 is 0 Å². The normalized spacial score (nSPS) is 12.2. The van der Waals surface area contributed by atoms with Crippen molar-refractivity contribution < 1.29 is 19.5 Å². The van der Waals surface area contributed by atoms with Crippen LogP contribution in [-0.4, -0.2) is 42.5 Å². The van der Waals surface area contributed by atoms with Crippen molar-refractivity contribution in [2.75, 3.05) is 13.1 Å². The molecule has 1 atom stereocenters. The largest absolute Gasteiger partial charge is 0.480 e. The van der Waals surface area contributed by atoms with Crippen LogP contribution in [0.15, 0.2) is 11.8 Å². The molecule has 0 aromatic rings. The number of nitrogens with zero attached hydrogens (tertiary/aromatic N) is 1. The van der Waals surface area contributed by atoms with Gasteiger partial charge in [-0.2, -0.15) is 5.26 Å². The van der Waals surface area contributed by atoms with Crippen LogP contribution < -0.4 is 16.0 Å². The molecule has 0 aliphatic rings. The maximum Gasteiger partial charge on any atom is 0.326 e. The van der Waals surface area contributed by atoms with Gasteiger partial charge in [0.2, 0.25) is 6.41 Å². The number of carbonyl (C=O) groups excluding carboxylic acids is 2. The third kappa shape index (κ3) is 7.57. The zero-order chi connectivity index (χ0) is 16.3. The van der Waals surface area contributed by atoms with E-state index in [4.69, 9.17) is 10.4 Å². The van der Waals surface area contributed by atoms with E-state index in [1.165, 1.54) is 6.20 Å². The zero-order valence-corrected chi connectivity index (χ0v) is 12.0. The van der Waals surface area contributed by atoms with E-state index in [0.717, 1.165) is 0 Å². The predicted molar refractivity (Wildman–Crippen MR) is 74.8 cm³/mol. The summed E-state index contributed by atoms with van der Waals surface area (Å²) in [5.41, 5.74) is -0.203. The van der Waals surface area contributed by atoms with Crippen LogP contribution in [0.4, 0.5) is 0 Å². The summed E-state index contributed by atoms with van der Waals surface area (Å²) < 4.78 is 0. The van der Waals surface area contributed by atoms with Gasteiger partial charge in [0.25, 0.3) is 5.91 Å². The fourth-order valence-corrected chi connectivity index (χ4v) is 1.41. The standard InChI is InChI=1S/C13H20N4O4/c1-9(2)11(13(20)21)17-12(19)10(6-14)7-15-4-3-5-16-8-18/h7-9,11,15H,3-5H2,1-2H3,(H,16,18)(H,17,19)(H,20,21)/b10-7-. The molecule has 0 aliphatic heterocycles. The second-order valence-corrected chi connectivity index (χ2v) is 4.58. The first-order chi connectivity index (χ1) is 9.93. The molecule has 0 fully saturated rings. The van der Waals surface area contributed by atoms with Crippen molar-refractivity contribution in [3.63, 3.8) is 0 Å². The van der Waals surface area contributed by atoms with Crippen LogP contribution in [0.1, 0.15) is 20.3 Å². The first-order valence-electron chi connectivity index (χ1n) is 6.48. The van der Waals surface area contributed by atoms with E-state index in [1.807, 2.05) is 0 Å². The molecule has 0 radical (unpaired) electrons. The van der Waals surface area contributed by atoms with Crippen molar-refractivity contribution in [1.29, 1.82) is 5.26 Å². The number of nitrogens with one attached hydrogen (secondary N) is 3. The number of hydrogen-bond donors (Lipinski definition) is 4. The van der Waals surface area contributed by atoms with Crippen LogP contribution in [0.5, 0.6) is 0 Å². The predicted octanol–water partition coefficient (Wildman–Crippen LogP) is -0.655. The first kappa shape index (κ1) is 18.4. The molecule has 4 N–H and O–H groups in total. The Balaban J connectivity index is 4.44. The number of carboxylic acid groups (broad SMARTS) is 1. The molecule has 0 rings (SSSR count). The molecule has 8 nitrogen and oxygen atoms in total. The van der Waals surface area contributed by atoms with Gasteiger partial charge >= 0.3 is 5.97 Å². The second-order valence-electron chi connectivity index (χ2n) is 4.58. The molecule has 8 heteroatoms. The van der Waals surface area contributed by atoms with Crippen LogP contribution in [0.3, 0.4) is 0 Å². The monoisotopic (exact) mass is 296 g/mol. The van der Waals surface area contributed by atoms with Gasteiger partial charge in [0.1, 0.15) is 17.7 Å². The van der Waals surface area contributed by atoms with Crippen LogP contribution in [0.2, 0.25) is 0 Å². The maximum absolute atomic E-state index is 11.8. The van der Waals surface area contributed by atoms with Crippen molar-refractivity contribution in [3.05, 3.63) is 11.8 Å². The third-order valence-electron chi connectivity index (χ3n) is 2.56. The number of carboxylic acids is 1. The summed E-state index contributed by atoms with van der Waals surface area (Å²) in [4.78, 5) is 32.8. The minimum atomic E-state index is -1.15. The summed E-state index contributed by atoms with van der Waals surface area (Å²) in [6.07, 6.45) is 2.44. The molecule has 0 spiro atoms. The molecule has 0 aromatic heterocycles. The summed E-state index contributed by atoms with van der Waals surface area (Å²) in [6.45, 7) is 4.26. The van der Waals surface area contributed by atoms with Gasteiger partial charge in [-0.3, -0.25) is 9.59 Å². The maximum atomic E-state index is 11.8. The van der Waals surface area contributed by atoms with E-state index in [0.29, 0.717) is 25.9 Å². The Morgan fingerprint density at radius 1 is 1.29 bits per heavy atom. The Kier molecular flexibility index (Phi) is 9.00. The minimum absolute atomic E-state index is 0.203. The molecule has 0 heterocycles. The molecule has 0 bridgehead atoms. The summed E-state index contributed by atoms with van der Waals surface area (Å²) in [5, 5.41) is 25.4. The van der Waals surface area contributed by atoms with Crippen molar-refractivity contribution in [2.24, 2.45) is 5.92 Å². The van der Waals surface area contributed by atoms with Gasteiger partial charge in [0.05, 0.1) is 0 Å². The quantitative estimate of drug-likeness (QED) is 0.183. The highest BCUT2D eigenvalue weighted by molar-refractivity contribution is 5.99. The second kappa shape index (κ2) is 10.3. The van der Waals surface area contributed by atoms with Gasteiger partial charge < -0.3 is 21.1 Å². The minimum Gasteiger partial charge on any atom is -0.480 e. The highest BCUT2D eigenvalue weighted by atomic mass is 16.4. The van der Waals surface area contributed by atoms with Gasteiger partial charge in [0.15, 0.2) is 0 Å². The molecule has 0 aromatic carbocycles. The van der Waals surface area contributed by atoms with Crippen LogP contribution in [0.25, 0.3) is 0 Å². The van der Waals surface area contributed by atoms with Crippen molar-refractivity contribution >= 4 is 18.3 Å². The number of aliphatic carboxylic acids is 1. The Morgan fingerprint density at radius 3 is 2.38 bits per heavy atom. The zero-order valence-electron chi connectivity index (χ0n) is 12.0. The van der Waals surface area contributed by atoms with E-state index in [2.05, 4.69) is 16.0 Å². The van der Waals surface area contributed by atoms with Crippen LogP contribution >= 0.6 is 0 Å². The molecule has 0 saturated heterocycles. The molecular weight excluding hydrogens is 276 g/mol. The molecule has 0 aliphatic carbocycles. The average molecular weight is 296 g/mol. The lowest BCUT2D eigenvalue weighted by Gasteiger charge is -2.17. The first-order valence-corrected chi connectivity index (χ1v) is 6.48. The summed E-state index contributed by atoms with van der Waals surface area (Å²) in [6, 6.07) is 0.659. The van der Waals surface area contributed by atoms with Crippen molar-refractivity contribution in [1.82, 2.24) is 16.0 Å². The molecule has 116 valence electrons. The molecule has 2 amide bonds. The Hall–Kier alpha value is -2.56. The molecule has 1 unspecified atom stereocenters.